The average molecular weight is 471 g/mol. The molecular formula is C34H30O2. The van der Waals surface area contributed by atoms with E-state index in [0.717, 1.165) is 72.6 Å². The molecule has 178 valence electrons. The van der Waals surface area contributed by atoms with E-state index in [1.165, 1.54) is 0 Å². The van der Waals surface area contributed by atoms with Gasteiger partial charge in [0, 0.05) is 22.3 Å². The minimum absolute atomic E-state index is 0.724. The van der Waals surface area contributed by atoms with Crippen LogP contribution in [-0.2, 0) is 0 Å². The standard InChI is InChI=1S/C34H30O2/c1(9-27-35-33-23-19-31(20-24-33)17-15-29-11-5-3-6-12-29)2-10-28-36-34-25-21-32(22-26-34)18-16-30-13-7-4-8-14-30/h3-8,11-14,19-26H,1-2,9-10,27-28H2. The highest BCUT2D eigenvalue weighted by Gasteiger charge is 1.97. The minimum atomic E-state index is 0.724. The number of hydrogen-bond donors (Lipinski definition) is 0. The second-order valence-electron chi connectivity index (χ2n) is 8.39. The summed E-state index contributed by atoms with van der Waals surface area (Å²) in [5, 5.41) is 0. The lowest BCUT2D eigenvalue weighted by atomic mass is 10.2. The van der Waals surface area contributed by atoms with Gasteiger partial charge in [0.25, 0.3) is 0 Å². The molecule has 0 spiro atoms. The Morgan fingerprint density at radius 3 is 1.06 bits per heavy atom. The number of hydrogen-bond acceptors (Lipinski definition) is 2. The highest BCUT2D eigenvalue weighted by Crippen LogP contribution is 2.14. The van der Waals surface area contributed by atoms with Crippen LogP contribution < -0.4 is 9.47 Å². The van der Waals surface area contributed by atoms with Crippen molar-refractivity contribution in [3.8, 4) is 35.2 Å². The molecule has 0 N–H and O–H groups in total. The Morgan fingerprint density at radius 2 is 0.694 bits per heavy atom. The van der Waals surface area contributed by atoms with E-state index < -0.39 is 0 Å². The van der Waals surface area contributed by atoms with Crippen molar-refractivity contribution in [3.63, 3.8) is 0 Å². The van der Waals surface area contributed by atoms with Gasteiger partial charge in [-0.1, -0.05) is 60.1 Å². The zero-order valence-electron chi connectivity index (χ0n) is 20.5. The van der Waals surface area contributed by atoms with Gasteiger partial charge in [0.15, 0.2) is 0 Å². The smallest absolute Gasteiger partial charge is 0.119 e. The molecule has 0 atom stereocenters. The molecule has 0 amide bonds. The molecule has 2 nitrogen and oxygen atoms in total. The summed E-state index contributed by atoms with van der Waals surface area (Å²) >= 11 is 0. The summed E-state index contributed by atoms with van der Waals surface area (Å²) in [7, 11) is 0. The Hall–Kier alpha value is -4.40. The maximum atomic E-state index is 5.87. The van der Waals surface area contributed by atoms with Crippen LogP contribution >= 0.6 is 0 Å². The third-order valence-electron chi connectivity index (χ3n) is 5.53. The zero-order chi connectivity index (χ0) is 24.7. The fraction of sp³-hybridized carbons (Fsp3) is 0.176. The molecule has 0 unspecified atom stereocenters. The maximum Gasteiger partial charge on any atom is 0.119 e. The molecule has 0 saturated heterocycles. The third kappa shape index (κ3) is 8.75. The zero-order valence-corrected chi connectivity index (χ0v) is 20.5. The highest BCUT2D eigenvalue weighted by atomic mass is 16.5. The summed E-state index contributed by atoms with van der Waals surface area (Å²) in [6.45, 7) is 1.45. The van der Waals surface area contributed by atoms with E-state index in [4.69, 9.17) is 9.47 Å². The number of rotatable bonds is 9. The first-order chi connectivity index (χ1) is 17.8. The Morgan fingerprint density at radius 1 is 0.361 bits per heavy atom. The van der Waals surface area contributed by atoms with Crippen LogP contribution in [0.1, 0.15) is 47.9 Å². The predicted molar refractivity (Wildman–Crippen MR) is 147 cm³/mol. The van der Waals surface area contributed by atoms with Crippen LogP contribution in [0, 0.1) is 23.7 Å². The lowest BCUT2D eigenvalue weighted by Gasteiger charge is -2.07. The van der Waals surface area contributed by atoms with Crippen molar-refractivity contribution in [2.45, 2.75) is 25.7 Å². The number of unbranched alkanes of at least 4 members (excludes halogenated alkanes) is 3. The summed E-state index contributed by atoms with van der Waals surface area (Å²) in [5.74, 6) is 14.5. The summed E-state index contributed by atoms with van der Waals surface area (Å²) in [6.07, 6.45) is 4.31. The van der Waals surface area contributed by atoms with Gasteiger partial charge in [0.05, 0.1) is 13.2 Å². The van der Waals surface area contributed by atoms with E-state index in [-0.39, 0.29) is 0 Å². The van der Waals surface area contributed by atoms with Crippen molar-refractivity contribution in [1.29, 1.82) is 0 Å². The van der Waals surface area contributed by atoms with Crippen LogP contribution in [-0.4, -0.2) is 13.2 Å². The first kappa shape index (κ1) is 24.7. The van der Waals surface area contributed by atoms with E-state index in [9.17, 15) is 0 Å². The molecule has 36 heavy (non-hydrogen) atoms. The quantitative estimate of drug-likeness (QED) is 0.186. The lowest BCUT2D eigenvalue weighted by molar-refractivity contribution is 0.287. The Kier molecular flexibility index (Phi) is 9.68. The summed E-state index contributed by atoms with van der Waals surface area (Å²) < 4.78 is 11.7. The number of ether oxygens (including phenoxy) is 2. The molecule has 0 aliphatic carbocycles. The van der Waals surface area contributed by atoms with E-state index in [0.29, 0.717) is 0 Å². The molecule has 0 aromatic heterocycles. The van der Waals surface area contributed by atoms with Gasteiger partial charge < -0.3 is 9.47 Å². The average Bonchev–Trinajstić information content (AvgIpc) is 2.94. The largest absolute Gasteiger partial charge is 0.494 e. The van der Waals surface area contributed by atoms with Gasteiger partial charge in [-0.2, -0.15) is 0 Å². The molecule has 4 aromatic rings. The molecular weight excluding hydrogens is 440 g/mol. The van der Waals surface area contributed by atoms with Crippen molar-refractivity contribution in [3.05, 3.63) is 131 Å². The van der Waals surface area contributed by atoms with E-state index in [1.54, 1.807) is 0 Å². The molecule has 0 heterocycles. The topological polar surface area (TPSA) is 18.5 Å². The normalized spacial score (nSPS) is 9.89. The van der Waals surface area contributed by atoms with E-state index in [1.807, 2.05) is 109 Å². The van der Waals surface area contributed by atoms with Gasteiger partial charge in [-0.15, -0.1) is 0 Å². The number of benzene rings is 4. The molecule has 0 aliphatic heterocycles. The first-order valence-electron chi connectivity index (χ1n) is 12.4. The van der Waals surface area contributed by atoms with Crippen LogP contribution in [0.2, 0.25) is 0 Å². The van der Waals surface area contributed by atoms with Crippen LogP contribution in [0.15, 0.2) is 109 Å². The molecule has 0 saturated carbocycles. The summed E-state index contributed by atoms with van der Waals surface area (Å²) in [6, 6.07) is 36.0. The fourth-order valence-corrected chi connectivity index (χ4v) is 3.54. The van der Waals surface area contributed by atoms with Crippen molar-refractivity contribution in [2.24, 2.45) is 0 Å². The summed E-state index contributed by atoms with van der Waals surface area (Å²) in [5.41, 5.74) is 4.01. The van der Waals surface area contributed by atoms with Crippen LogP contribution in [0.5, 0.6) is 11.5 Å². The molecule has 4 rings (SSSR count). The Labute approximate surface area is 214 Å². The van der Waals surface area contributed by atoms with Crippen LogP contribution in [0.4, 0.5) is 0 Å². The lowest BCUT2D eigenvalue weighted by Crippen LogP contribution is -2.00. The van der Waals surface area contributed by atoms with Crippen LogP contribution in [0.3, 0.4) is 0 Å². The van der Waals surface area contributed by atoms with Gasteiger partial charge >= 0.3 is 0 Å². The third-order valence-corrected chi connectivity index (χ3v) is 5.53. The molecule has 0 bridgehead atoms. The van der Waals surface area contributed by atoms with E-state index in [2.05, 4.69) is 23.7 Å². The SMILES string of the molecule is C(#Cc1ccc(OCCCCCCOc2ccc(C#Cc3ccccc3)cc2)cc1)c1ccccc1. The highest BCUT2D eigenvalue weighted by molar-refractivity contribution is 5.45. The summed E-state index contributed by atoms with van der Waals surface area (Å²) in [4.78, 5) is 0. The van der Waals surface area contributed by atoms with Crippen molar-refractivity contribution >= 4 is 0 Å². The van der Waals surface area contributed by atoms with Gasteiger partial charge in [0.1, 0.15) is 11.5 Å². The minimum Gasteiger partial charge on any atom is -0.494 e. The van der Waals surface area contributed by atoms with Gasteiger partial charge in [-0.05, 0) is 98.5 Å². The van der Waals surface area contributed by atoms with Gasteiger partial charge in [-0.3, -0.25) is 0 Å². The van der Waals surface area contributed by atoms with Crippen LogP contribution in [0.25, 0.3) is 0 Å². The molecule has 0 fully saturated rings. The second kappa shape index (κ2) is 14.1. The Balaban J connectivity index is 1.07. The monoisotopic (exact) mass is 470 g/mol. The molecule has 2 heteroatoms. The van der Waals surface area contributed by atoms with Crippen molar-refractivity contribution in [1.82, 2.24) is 0 Å². The van der Waals surface area contributed by atoms with E-state index >= 15 is 0 Å². The molecule has 0 radical (unpaired) electrons. The molecule has 0 aliphatic rings. The second-order valence-corrected chi connectivity index (χ2v) is 8.39. The Bertz CT molecular complexity index is 1190. The van der Waals surface area contributed by atoms with Gasteiger partial charge in [-0.25, -0.2) is 0 Å². The first-order valence-corrected chi connectivity index (χ1v) is 12.4. The fourth-order valence-electron chi connectivity index (χ4n) is 3.54. The molecule has 4 aromatic carbocycles. The maximum absolute atomic E-state index is 5.87. The predicted octanol–water partition coefficient (Wildman–Crippen LogP) is 7.50. The van der Waals surface area contributed by atoms with Crippen molar-refractivity contribution < 1.29 is 9.47 Å². The van der Waals surface area contributed by atoms with Crippen molar-refractivity contribution in [2.75, 3.05) is 13.2 Å². The van der Waals surface area contributed by atoms with Gasteiger partial charge in [0.2, 0.25) is 0 Å².